The van der Waals surface area contributed by atoms with Crippen molar-refractivity contribution in [2.24, 2.45) is 0 Å². The largest absolute Gasteiger partial charge is 0.324 e. The molecular formula is C112H199N5. The quantitative estimate of drug-likeness (QED) is 0.0431. The molecule has 0 saturated carbocycles. The highest BCUT2D eigenvalue weighted by Gasteiger charge is 2.19. The molecule has 2 N–H and O–H groups in total. The fourth-order valence-electron chi connectivity index (χ4n) is 18.8. The van der Waals surface area contributed by atoms with Crippen LogP contribution in [-0.2, 0) is 38.5 Å². The zero-order chi connectivity index (χ0) is 83.1. The van der Waals surface area contributed by atoms with Gasteiger partial charge in [0.05, 0.1) is 0 Å². The van der Waals surface area contributed by atoms with Gasteiger partial charge in [-0.1, -0.05) is 534 Å². The molecule has 0 spiro atoms. The second-order valence-electron chi connectivity index (χ2n) is 37.9. The van der Waals surface area contributed by atoms with Gasteiger partial charge in [-0.15, -0.1) is 0 Å². The van der Waals surface area contributed by atoms with E-state index in [1.165, 1.54) is 519 Å². The van der Waals surface area contributed by atoms with Crippen LogP contribution in [0.4, 0.5) is 23.3 Å². The van der Waals surface area contributed by atoms with E-state index in [-0.39, 0.29) is 0 Å². The van der Waals surface area contributed by atoms with Crippen LogP contribution in [0.2, 0.25) is 0 Å². The van der Waals surface area contributed by atoms with Crippen LogP contribution < -0.4 is 10.6 Å². The van der Waals surface area contributed by atoms with E-state index in [0.29, 0.717) is 11.9 Å². The second kappa shape index (κ2) is 79.5. The van der Waals surface area contributed by atoms with Crippen molar-refractivity contribution in [3.8, 4) is 11.4 Å². The summed E-state index contributed by atoms with van der Waals surface area (Å²) in [4.78, 5) is 16.3. The lowest BCUT2D eigenvalue weighted by atomic mass is 9.89. The van der Waals surface area contributed by atoms with E-state index in [2.05, 4.69) is 108 Å². The molecule has 0 unspecified atom stereocenters. The van der Waals surface area contributed by atoms with Crippen LogP contribution in [0.25, 0.3) is 11.4 Å². The predicted octanol–water partition coefficient (Wildman–Crippen LogP) is 39.1. The van der Waals surface area contributed by atoms with Gasteiger partial charge in [-0.25, -0.2) is 0 Å². The van der Waals surface area contributed by atoms with Crippen molar-refractivity contribution in [1.82, 2.24) is 15.0 Å². The smallest absolute Gasteiger partial charge is 0.232 e. The molecule has 5 heteroatoms. The van der Waals surface area contributed by atoms with Gasteiger partial charge in [-0.2, -0.15) is 15.0 Å². The molecule has 3 aromatic carbocycles. The molecule has 0 bridgehead atoms. The molecule has 0 aliphatic heterocycles. The molecule has 5 nitrogen and oxygen atoms in total. The molecule has 1 heterocycles. The topological polar surface area (TPSA) is 62.7 Å². The maximum absolute atomic E-state index is 5.47. The minimum Gasteiger partial charge on any atom is -0.324 e. The molecule has 0 aliphatic carbocycles. The summed E-state index contributed by atoms with van der Waals surface area (Å²) >= 11 is 0. The predicted molar refractivity (Wildman–Crippen MR) is 526 cm³/mol. The van der Waals surface area contributed by atoms with E-state index in [0.717, 1.165) is 48.4 Å². The number of nitrogens with zero attached hydrogens (tertiary/aromatic N) is 3. The summed E-state index contributed by atoms with van der Waals surface area (Å²) in [6.45, 7) is 16.2. The number of benzene rings is 3. The summed E-state index contributed by atoms with van der Waals surface area (Å²) in [6.07, 6.45) is 116. The minimum atomic E-state index is 0.643. The number of anilines is 4. The SMILES string of the molecule is CCCCCCCCCCCCCCCc1cc(Nc2nc(Nc3cc(CCCCCCCCCCCCCCC)c(CCCCCCCCCCCCCCC)c(CCCCCCCCCCCCCCC)c3)nc(-c3ccc(C)cc3)n2)cc(CCCCCCCCCCCCCCC)c1CCCCCCCCCCCCCCC. The molecule has 0 aliphatic rings. The fraction of sp³-hybridized carbons (Fsp3) is 0.812. The van der Waals surface area contributed by atoms with Gasteiger partial charge in [0.2, 0.25) is 11.9 Å². The van der Waals surface area contributed by atoms with E-state index in [1.54, 1.807) is 33.4 Å². The molecular weight excluding hydrogens is 1420 g/mol. The Kier molecular flexibility index (Phi) is 71.7. The van der Waals surface area contributed by atoms with Gasteiger partial charge in [0, 0.05) is 16.9 Å². The van der Waals surface area contributed by atoms with Crippen LogP contribution in [0.1, 0.15) is 581 Å². The third-order valence-electron chi connectivity index (χ3n) is 26.6. The van der Waals surface area contributed by atoms with E-state index < -0.39 is 0 Å². The Morgan fingerprint density at radius 2 is 0.350 bits per heavy atom. The van der Waals surface area contributed by atoms with Crippen LogP contribution in [0.5, 0.6) is 0 Å². The molecule has 0 fully saturated rings. The fourth-order valence-corrected chi connectivity index (χ4v) is 18.8. The lowest BCUT2D eigenvalue weighted by Crippen LogP contribution is -2.09. The van der Waals surface area contributed by atoms with Crippen molar-refractivity contribution in [2.75, 3.05) is 10.6 Å². The number of aromatic nitrogens is 3. The number of aryl methyl sites for hydroxylation is 5. The molecule has 0 radical (unpaired) electrons. The minimum absolute atomic E-state index is 0.643. The van der Waals surface area contributed by atoms with E-state index in [4.69, 9.17) is 15.0 Å². The van der Waals surface area contributed by atoms with E-state index >= 15 is 0 Å². The van der Waals surface area contributed by atoms with Crippen molar-refractivity contribution in [2.45, 2.75) is 588 Å². The number of nitrogens with one attached hydrogen (secondary N) is 2. The Hall–Kier alpha value is -3.73. The highest BCUT2D eigenvalue weighted by atomic mass is 15.2. The normalized spacial score (nSPS) is 11.7. The first kappa shape index (κ1) is 106. The van der Waals surface area contributed by atoms with Crippen molar-refractivity contribution in [3.05, 3.63) is 87.5 Å². The molecule has 4 rings (SSSR count). The van der Waals surface area contributed by atoms with E-state index in [9.17, 15) is 0 Å². The Morgan fingerprint density at radius 1 is 0.188 bits per heavy atom. The van der Waals surface area contributed by atoms with Crippen LogP contribution in [0, 0.1) is 6.92 Å². The van der Waals surface area contributed by atoms with Gasteiger partial charge >= 0.3 is 0 Å². The summed E-state index contributed by atoms with van der Waals surface area (Å²) in [6, 6.07) is 19.1. The number of rotatable bonds is 89. The molecule has 0 atom stereocenters. The number of hydrogen-bond donors (Lipinski definition) is 2. The first-order chi connectivity index (χ1) is 57.9. The molecule has 4 aromatic rings. The van der Waals surface area contributed by atoms with E-state index in [1.807, 2.05) is 0 Å². The second-order valence-corrected chi connectivity index (χ2v) is 37.9. The molecule has 1 aromatic heterocycles. The highest BCUT2D eigenvalue weighted by molar-refractivity contribution is 5.66. The Balaban J connectivity index is 1.71. The summed E-state index contributed by atoms with van der Waals surface area (Å²) in [5.74, 6) is 2.01. The van der Waals surface area contributed by atoms with Gasteiger partial charge in [-0.3, -0.25) is 0 Å². The first-order valence-corrected chi connectivity index (χ1v) is 53.6. The molecule has 117 heavy (non-hydrogen) atoms. The summed E-state index contributed by atoms with van der Waals surface area (Å²) in [5, 5.41) is 8.00. The zero-order valence-corrected chi connectivity index (χ0v) is 79.9. The molecule has 672 valence electrons. The van der Waals surface area contributed by atoms with Crippen LogP contribution in [0.15, 0.2) is 48.5 Å². The Morgan fingerprint density at radius 3 is 0.530 bits per heavy atom. The van der Waals surface area contributed by atoms with Crippen LogP contribution in [0.3, 0.4) is 0 Å². The maximum atomic E-state index is 5.47. The van der Waals surface area contributed by atoms with Crippen molar-refractivity contribution < 1.29 is 0 Å². The van der Waals surface area contributed by atoms with Crippen LogP contribution in [-0.4, -0.2) is 15.0 Å². The van der Waals surface area contributed by atoms with Gasteiger partial charge in [0.1, 0.15) is 0 Å². The third kappa shape index (κ3) is 58.9. The molecule has 0 amide bonds. The Bertz CT molecular complexity index is 2520. The summed E-state index contributed by atoms with van der Waals surface area (Å²) < 4.78 is 0. The molecule has 0 saturated heterocycles. The van der Waals surface area contributed by atoms with Gasteiger partial charge in [0.15, 0.2) is 5.82 Å². The maximum Gasteiger partial charge on any atom is 0.232 e. The van der Waals surface area contributed by atoms with Gasteiger partial charge in [-0.05, 0) is 142 Å². The van der Waals surface area contributed by atoms with Crippen molar-refractivity contribution in [1.29, 1.82) is 0 Å². The van der Waals surface area contributed by atoms with Gasteiger partial charge < -0.3 is 10.6 Å². The standard InChI is InChI=1S/C112H199N5/c1-8-14-20-26-32-38-44-50-56-62-68-74-80-86-102-96-106(97-103(87-81-75-69-63-57-51-45-39-33-27-21-15-9-2)108(102)90-84-78-72-66-60-54-48-42-36-30-24-18-12-5)113-111-115-110(101-94-92-100(7)93-95-101)116-112(117-111)114-107-98-104(88-82-76-70-64-58-52-46-40-34-28-22-16-10-3)109(91-85-79-73-67-61-55-49-43-37-31-25-19-13-6)105(99-107)89-83-77-71-65-59-53-47-41-35-29-23-17-11-4/h92-99H,8-91H2,1-7H3,(H2,113,114,115,116,117). The van der Waals surface area contributed by atoms with Crippen LogP contribution >= 0.6 is 0 Å². The lowest BCUT2D eigenvalue weighted by Gasteiger charge is -2.20. The Labute approximate surface area is 731 Å². The number of unbranched alkanes of at least 4 members (excludes halogenated alkanes) is 72. The summed E-state index contributed by atoms with van der Waals surface area (Å²) in [5.41, 5.74) is 14.3. The monoisotopic (exact) mass is 1610 g/mol. The average Bonchev–Trinajstić information content (AvgIpc) is 0.806. The average molecular weight is 1620 g/mol. The van der Waals surface area contributed by atoms with Crippen molar-refractivity contribution >= 4 is 23.3 Å². The summed E-state index contributed by atoms with van der Waals surface area (Å²) in [7, 11) is 0. The lowest BCUT2D eigenvalue weighted by molar-refractivity contribution is 0.536. The van der Waals surface area contributed by atoms with Crippen molar-refractivity contribution in [3.63, 3.8) is 0 Å². The first-order valence-electron chi connectivity index (χ1n) is 53.6. The van der Waals surface area contributed by atoms with Gasteiger partial charge in [0.25, 0.3) is 0 Å². The third-order valence-corrected chi connectivity index (χ3v) is 26.6. The highest BCUT2D eigenvalue weighted by Crippen LogP contribution is 2.34. The zero-order valence-electron chi connectivity index (χ0n) is 79.9. The number of hydrogen-bond acceptors (Lipinski definition) is 5.